The number of aromatic nitrogens is 2. The second-order valence-corrected chi connectivity index (χ2v) is 5.26. The second-order valence-electron chi connectivity index (χ2n) is 3.29. The Balaban J connectivity index is 2.41. The van der Waals surface area contributed by atoms with E-state index in [1.165, 1.54) is 36.8 Å². The van der Waals surface area contributed by atoms with Gasteiger partial charge < -0.3 is 4.74 Å². The Labute approximate surface area is 108 Å². The van der Waals surface area contributed by atoms with Crippen molar-refractivity contribution >= 4 is 21.6 Å². The fraction of sp³-hybridized carbons (Fsp3) is 0. The van der Waals surface area contributed by atoms with Crippen LogP contribution in [0.25, 0.3) is 0 Å². The van der Waals surface area contributed by atoms with Gasteiger partial charge in [0, 0.05) is 18.5 Å². The van der Waals surface area contributed by atoms with E-state index >= 15 is 0 Å². The maximum absolute atomic E-state index is 11.3. The van der Waals surface area contributed by atoms with E-state index in [4.69, 9.17) is 21.5 Å². The maximum Gasteiger partial charge on any atom is 0.243 e. The summed E-state index contributed by atoms with van der Waals surface area (Å²) in [6.07, 6.45) is 4.20. The van der Waals surface area contributed by atoms with Crippen LogP contribution in [0.1, 0.15) is 0 Å². The normalized spacial score (nSPS) is 11.2. The lowest BCUT2D eigenvalue weighted by Gasteiger charge is -2.07. The van der Waals surface area contributed by atoms with Crippen LogP contribution in [0.2, 0.25) is 5.02 Å². The van der Waals surface area contributed by atoms with Gasteiger partial charge in [0.05, 0.1) is 11.2 Å². The number of halogens is 1. The van der Waals surface area contributed by atoms with Crippen molar-refractivity contribution in [2.75, 3.05) is 0 Å². The third-order valence-corrected chi connectivity index (χ3v) is 3.07. The Morgan fingerprint density at radius 2 is 2.11 bits per heavy atom. The Morgan fingerprint density at radius 3 is 2.78 bits per heavy atom. The van der Waals surface area contributed by atoms with E-state index in [1.807, 2.05) is 0 Å². The summed E-state index contributed by atoms with van der Waals surface area (Å²) in [4.78, 5) is 7.42. The minimum absolute atomic E-state index is 0.121. The zero-order valence-corrected chi connectivity index (χ0v) is 10.5. The van der Waals surface area contributed by atoms with E-state index in [-0.39, 0.29) is 16.5 Å². The molecule has 0 unspecified atom stereocenters. The lowest BCUT2D eigenvalue weighted by atomic mass is 10.4. The minimum Gasteiger partial charge on any atom is -0.436 e. The van der Waals surface area contributed by atoms with Gasteiger partial charge in [-0.15, -0.1) is 0 Å². The van der Waals surface area contributed by atoms with Crippen LogP contribution in [0.3, 0.4) is 0 Å². The van der Waals surface area contributed by atoms with Gasteiger partial charge in [-0.1, -0.05) is 11.6 Å². The van der Waals surface area contributed by atoms with Crippen LogP contribution in [0.4, 0.5) is 0 Å². The number of primary sulfonamides is 1. The number of pyridine rings is 2. The molecule has 0 aromatic carbocycles. The Hall–Kier alpha value is -1.70. The molecule has 18 heavy (non-hydrogen) atoms. The predicted molar refractivity (Wildman–Crippen MR) is 64.9 cm³/mol. The second kappa shape index (κ2) is 4.89. The molecule has 0 amide bonds. The lowest BCUT2D eigenvalue weighted by Crippen LogP contribution is -2.13. The molecule has 0 spiro atoms. The Bertz CT molecular complexity index is 676. The Morgan fingerprint density at radius 1 is 1.33 bits per heavy atom. The number of nitrogens with two attached hydrogens (primary N) is 1. The highest BCUT2D eigenvalue weighted by molar-refractivity contribution is 7.89. The monoisotopic (exact) mass is 285 g/mol. The van der Waals surface area contributed by atoms with Crippen LogP contribution < -0.4 is 9.88 Å². The standard InChI is InChI=1S/C10H8ClN3O3S/c11-7-4-8(6-13-5-7)17-10-9(18(12,15)16)2-1-3-14-10/h1-6H,(H2,12,15,16). The fourth-order valence-electron chi connectivity index (χ4n) is 1.23. The van der Waals surface area contributed by atoms with Crippen molar-refractivity contribution in [3.8, 4) is 11.6 Å². The average Bonchev–Trinajstić information content (AvgIpc) is 2.28. The van der Waals surface area contributed by atoms with Gasteiger partial charge in [0.25, 0.3) is 0 Å². The molecule has 2 rings (SSSR count). The van der Waals surface area contributed by atoms with Gasteiger partial charge in [-0.05, 0) is 12.1 Å². The lowest BCUT2D eigenvalue weighted by molar-refractivity contribution is 0.445. The molecule has 2 aromatic heterocycles. The molecule has 2 aromatic rings. The van der Waals surface area contributed by atoms with E-state index < -0.39 is 10.0 Å². The number of ether oxygens (including phenoxy) is 1. The molecule has 2 N–H and O–H groups in total. The first-order chi connectivity index (χ1) is 8.47. The number of hydrogen-bond donors (Lipinski definition) is 1. The van der Waals surface area contributed by atoms with Crippen LogP contribution in [0.5, 0.6) is 11.6 Å². The first kappa shape index (κ1) is 12.7. The van der Waals surface area contributed by atoms with E-state index in [1.54, 1.807) is 0 Å². The van der Waals surface area contributed by atoms with Crippen molar-refractivity contribution in [2.24, 2.45) is 5.14 Å². The number of nitrogens with zero attached hydrogens (tertiary/aromatic N) is 2. The summed E-state index contributed by atoms with van der Waals surface area (Å²) in [7, 11) is -3.90. The summed E-state index contributed by atoms with van der Waals surface area (Å²) in [5.41, 5.74) is 0. The molecule has 8 heteroatoms. The SMILES string of the molecule is NS(=O)(=O)c1cccnc1Oc1cncc(Cl)c1. The molecule has 0 bridgehead atoms. The van der Waals surface area contributed by atoms with Crippen LogP contribution in [0.15, 0.2) is 41.7 Å². The highest BCUT2D eigenvalue weighted by Crippen LogP contribution is 2.26. The summed E-state index contributed by atoms with van der Waals surface area (Å²) in [6, 6.07) is 4.23. The highest BCUT2D eigenvalue weighted by atomic mass is 35.5. The number of sulfonamides is 1. The van der Waals surface area contributed by atoms with Crippen LogP contribution in [0, 0.1) is 0 Å². The van der Waals surface area contributed by atoms with Crippen LogP contribution >= 0.6 is 11.6 Å². The third kappa shape index (κ3) is 2.95. The van der Waals surface area contributed by atoms with Gasteiger partial charge in [-0.3, -0.25) is 4.98 Å². The molecule has 0 saturated carbocycles. The fourth-order valence-corrected chi connectivity index (χ4v) is 2.00. The zero-order chi connectivity index (χ0) is 13.2. The molecule has 2 heterocycles. The smallest absolute Gasteiger partial charge is 0.243 e. The van der Waals surface area contributed by atoms with E-state index in [9.17, 15) is 8.42 Å². The van der Waals surface area contributed by atoms with Crippen LogP contribution in [-0.2, 0) is 10.0 Å². The third-order valence-electron chi connectivity index (χ3n) is 1.94. The van der Waals surface area contributed by atoms with E-state index in [0.717, 1.165) is 0 Å². The van der Waals surface area contributed by atoms with Crippen molar-refractivity contribution in [3.05, 3.63) is 41.8 Å². The van der Waals surface area contributed by atoms with Gasteiger partial charge >= 0.3 is 0 Å². The maximum atomic E-state index is 11.3. The van der Waals surface area contributed by atoms with Crippen molar-refractivity contribution in [1.29, 1.82) is 0 Å². The molecule has 6 nitrogen and oxygen atoms in total. The van der Waals surface area contributed by atoms with Crippen LogP contribution in [-0.4, -0.2) is 18.4 Å². The van der Waals surface area contributed by atoms with Crippen molar-refractivity contribution in [3.63, 3.8) is 0 Å². The van der Waals surface area contributed by atoms with Gasteiger partial charge in [-0.25, -0.2) is 18.5 Å². The summed E-state index contributed by atoms with van der Waals surface area (Å²) >= 11 is 5.73. The Kier molecular flexibility index (Phi) is 3.46. The molecule has 0 radical (unpaired) electrons. The highest BCUT2D eigenvalue weighted by Gasteiger charge is 2.16. The molecule has 0 aliphatic carbocycles. The molecule has 0 saturated heterocycles. The first-order valence-electron chi connectivity index (χ1n) is 4.73. The van der Waals surface area contributed by atoms with E-state index in [2.05, 4.69) is 9.97 Å². The summed E-state index contributed by atoms with van der Waals surface area (Å²) in [6.45, 7) is 0. The molecule has 0 aliphatic heterocycles. The average molecular weight is 286 g/mol. The quantitative estimate of drug-likeness (QED) is 0.923. The van der Waals surface area contributed by atoms with E-state index in [0.29, 0.717) is 5.02 Å². The van der Waals surface area contributed by atoms with Gasteiger partial charge in [0.15, 0.2) is 0 Å². The van der Waals surface area contributed by atoms with Gasteiger partial charge in [0.1, 0.15) is 10.6 Å². The molecule has 0 fully saturated rings. The van der Waals surface area contributed by atoms with Crippen molar-refractivity contribution in [1.82, 2.24) is 9.97 Å². The van der Waals surface area contributed by atoms with Crippen molar-refractivity contribution < 1.29 is 13.2 Å². The van der Waals surface area contributed by atoms with Gasteiger partial charge in [-0.2, -0.15) is 0 Å². The summed E-state index contributed by atoms with van der Waals surface area (Å²) in [5.74, 6) is 0.148. The molecular formula is C10H8ClN3O3S. The molecular weight excluding hydrogens is 278 g/mol. The number of hydrogen-bond acceptors (Lipinski definition) is 5. The molecule has 0 atom stereocenters. The first-order valence-corrected chi connectivity index (χ1v) is 6.65. The summed E-state index contributed by atoms with van der Waals surface area (Å²) in [5, 5.41) is 5.41. The van der Waals surface area contributed by atoms with Gasteiger partial charge in [0.2, 0.25) is 15.9 Å². The molecule has 94 valence electrons. The van der Waals surface area contributed by atoms with Crippen molar-refractivity contribution in [2.45, 2.75) is 4.90 Å². The summed E-state index contributed by atoms with van der Waals surface area (Å²) < 4.78 is 28.0. The number of rotatable bonds is 3. The topological polar surface area (TPSA) is 95.2 Å². The largest absolute Gasteiger partial charge is 0.436 e. The predicted octanol–water partition coefficient (Wildman–Crippen LogP) is 1.57. The molecule has 0 aliphatic rings. The minimum atomic E-state index is -3.90. The zero-order valence-electron chi connectivity index (χ0n) is 8.95.